The van der Waals surface area contributed by atoms with Gasteiger partial charge in [-0.05, 0) is 35.7 Å². The summed E-state index contributed by atoms with van der Waals surface area (Å²) in [6.07, 6.45) is 3.10. The molecule has 0 atom stereocenters. The van der Waals surface area contributed by atoms with Crippen LogP contribution in [-0.2, 0) is 6.61 Å². The number of aromatic nitrogens is 1. The summed E-state index contributed by atoms with van der Waals surface area (Å²) in [5.74, 6) is -1.04. The molecule has 4 aromatic heterocycles. The van der Waals surface area contributed by atoms with Gasteiger partial charge in [-0.3, -0.25) is 0 Å². The molecule has 4 rings (SSSR count). The maximum absolute atomic E-state index is 10.9. The fourth-order valence-corrected chi connectivity index (χ4v) is 4.08. The zero-order chi connectivity index (χ0) is 19.5. The number of carboxylic acids is 1. The van der Waals surface area contributed by atoms with Gasteiger partial charge in [-0.2, -0.15) is 5.26 Å². The summed E-state index contributed by atoms with van der Waals surface area (Å²) in [6, 6.07) is 12.7. The number of carbonyl (C=O) groups is 1. The summed E-state index contributed by atoms with van der Waals surface area (Å²) in [7, 11) is 0. The van der Waals surface area contributed by atoms with Crippen molar-refractivity contribution in [1.82, 2.24) is 4.98 Å². The van der Waals surface area contributed by atoms with Crippen LogP contribution in [0.5, 0.6) is 5.88 Å². The normalized spacial score (nSPS) is 10.5. The molecule has 4 aromatic rings. The minimum absolute atomic E-state index is 0.0956. The van der Waals surface area contributed by atoms with Gasteiger partial charge in [-0.1, -0.05) is 6.07 Å². The summed E-state index contributed by atoms with van der Waals surface area (Å²) < 4.78 is 11.0. The molecule has 0 saturated carbocycles. The Morgan fingerprint density at radius 2 is 2.21 bits per heavy atom. The zero-order valence-corrected chi connectivity index (χ0v) is 15.9. The number of hydrogen-bond acceptors (Lipinski definition) is 8. The van der Waals surface area contributed by atoms with Crippen molar-refractivity contribution in [2.45, 2.75) is 6.61 Å². The Bertz CT molecular complexity index is 1160. The summed E-state index contributed by atoms with van der Waals surface area (Å²) in [5, 5.41) is 22.6. The van der Waals surface area contributed by atoms with Crippen LogP contribution in [0.25, 0.3) is 21.7 Å². The standard InChI is InChI=1S/C20H12N2O4S2/c21-9-15-14(12-5-6-25-10-12)8-16(17-2-1-7-27-17)22-19(15)26-11-13-3-4-18(28-13)20(23)24/h1-8,10H,11H2,(H,23,24)/p-1. The molecule has 6 nitrogen and oxygen atoms in total. The van der Waals surface area contributed by atoms with Crippen molar-refractivity contribution >= 4 is 28.6 Å². The zero-order valence-electron chi connectivity index (χ0n) is 14.2. The largest absolute Gasteiger partial charge is 0.544 e. The van der Waals surface area contributed by atoms with Crippen LogP contribution in [0.2, 0.25) is 0 Å². The highest BCUT2D eigenvalue weighted by molar-refractivity contribution is 7.14. The Morgan fingerprint density at radius 1 is 1.32 bits per heavy atom. The number of ether oxygens (including phenoxy) is 1. The minimum Gasteiger partial charge on any atom is -0.544 e. The first-order valence-electron chi connectivity index (χ1n) is 8.10. The smallest absolute Gasteiger partial charge is 0.233 e. The van der Waals surface area contributed by atoms with Gasteiger partial charge in [0.15, 0.2) is 0 Å². The average molecular weight is 407 g/mol. The van der Waals surface area contributed by atoms with E-state index in [2.05, 4.69) is 11.1 Å². The highest BCUT2D eigenvalue weighted by atomic mass is 32.1. The molecule has 0 aliphatic heterocycles. The first-order valence-corrected chi connectivity index (χ1v) is 9.80. The fraction of sp³-hybridized carbons (Fsp3) is 0.0500. The van der Waals surface area contributed by atoms with E-state index < -0.39 is 5.97 Å². The highest BCUT2D eigenvalue weighted by Gasteiger charge is 2.18. The number of thiophene rings is 2. The lowest BCUT2D eigenvalue weighted by molar-refractivity contribution is -0.254. The van der Waals surface area contributed by atoms with Gasteiger partial charge in [0, 0.05) is 16.0 Å². The summed E-state index contributed by atoms with van der Waals surface area (Å²) in [6.45, 7) is 0.0956. The molecular weight excluding hydrogens is 396 g/mol. The fourth-order valence-electron chi connectivity index (χ4n) is 2.63. The minimum atomic E-state index is -1.23. The van der Waals surface area contributed by atoms with Crippen LogP contribution in [0.4, 0.5) is 0 Å². The van der Waals surface area contributed by atoms with E-state index in [1.807, 2.05) is 23.6 Å². The van der Waals surface area contributed by atoms with Gasteiger partial charge >= 0.3 is 0 Å². The molecule has 0 fully saturated rings. The van der Waals surface area contributed by atoms with E-state index in [9.17, 15) is 15.2 Å². The summed E-state index contributed by atoms with van der Waals surface area (Å²) in [5.41, 5.74) is 2.38. The third-order valence-electron chi connectivity index (χ3n) is 3.92. The van der Waals surface area contributed by atoms with Crippen molar-refractivity contribution in [2.24, 2.45) is 0 Å². The summed E-state index contributed by atoms with van der Waals surface area (Å²) in [4.78, 5) is 17.2. The van der Waals surface area contributed by atoms with E-state index in [0.717, 1.165) is 21.8 Å². The van der Waals surface area contributed by atoms with E-state index >= 15 is 0 Å². The number of carboxylic acid groups (broad SMARTS) is 1. The Labute approximate surface area is 167 Å². The molecule has 8 heteroatoms. The predicted octanol–water partition coefficient (Wildman–Crippen LogP) is 3.95. The van der Waals surface area contributed by atoms with Crippen LogP contribution in [0, 0.1) is 11.3 Å². The number of furan rings is 1. The molecule has 0 aliphatic rings. The number of rotatable bonds is 6. The molecule has 0 saturated heterocycles. The Kier molecular flexibility index (Phi) is 4.93. The Balaban J connectivity index is 1.74. The Morgan fingerprint density at radius 3 is 2.86 bits per heavy atom. The van der Waals surface area contributed by atoms with Gasteiger partial charge in [-0.25, -0.2) is 4.98 Å². The van der Waals surface area contributed by atoms with Gasteiger partial charge in [-0.15, -0.1) is 22.7 Å². The lowest BCUT2D eigenvalue weighted by Crippen LogP contribution is -2.20. The molecule has 0 spiro atoms. The van der Waals surface area contributed by atoms with Crippen LogP contribution in [-0.4, -0.2) is 11.0 Å². The highest BCUT2D eigenvalue weighted by Crippen LogP contribution is 2.35. The maximum atomic E-state index is 10.9. The van der Waals surface area contributed by atoms with E-state index in [1.54, 1.807) is 18.4 Å². The number of nitriles is 1. The van der Waals surface area contributed by atoms with Crippen LogP contribution in [0.1, 0.15) is 20.1 Å². The SMILES string of the molecule is N#Cc1c(-c2ccoc2)cc(-c2cccs2)nc1OCc1ccc(C(=O)[O-])s1. The van der Waals surface area contributed by atoms with Crippen LogP contribution in [0.3, 0.4) is 0 Å². The second-order valence-electron chi connectivity index (χ2n) is 5.68. The Hall–Kier alpha value is -3.41. The molecule has 0 aromatic carbocycles. The molecule has 0 amide bonds. The third kappa shape index (κ3) is 3.53. The molecule has 0 radical (unpaired) electrons. The van der Waals surface area contributed by atoms with Crippen molar-refractivity contribution in [3.05, 3.63) is 69.6 Å². The van der Waals surface area contributed by atoms with Crippen LogP contribution >= 0.6 is 22.7 Å². The number of carbonyl (C=O) groups excluding carboxylic acids is 1. The van der Waals surface area contributed by atoms with Crippen LogP contribution < -0.4 is 9.84 Å². The molecule has 28 heavy (non-hydrogen) atoms. The van der Waals surface area contributed by atoms with Crippen molar-refractivity contribution in [3.8, 4) is 33.6 Å². The topological polar surface area (TPSA) is 99.2 Å². The van der Waals surface area contributed by atoms with Gasteiger partial charge < -0.3 is 19.1 Å². The van der Waals surface area contributed by atoms with E-state index in [4.69, 9.17) is 9.15 Å². The monoisotopic (exact) mass is 407 g/mol. The van der Waals surface area contributed by atoms with Gasteiger partial charge in [0.05, 0.1) is 33.9 Å². The number of pyridine rings is 1. The van der Waals surface area contributed by atoms with E-state index in [0.29, 0.717) is 21.7 Å². The lowest BCUT2D eigenvalue weighted by Gasteiger charge is -2.11. The number of hydrogen-bond donors (Lipinski definition) is 0. The molecule has 0 aliphatic carbocycles. The second kappa shape index (κ2) is 7.68. The number of nitrogens with zero attached hydrogens (tertiary/aromatic N) is 2. The molecule has 4 heterocycles. The molecule has 0 N–H and O–H groups in total. The van der Waals surface area contributed by atoms with Crippen molar-refractivity contribution in [3.63, 3.8) is 0 Å². The molecule has 0 unspecified atom stereocenters. The first kappa shape index (κ1) is 18.0. The van der Waals surface area contributed by atoms with Crippen molar-refractivity contribution < 1.29 is 19.1 Å². The first-order chi connectivity index (χ1) is 13.7. The van der Waals surface area contributed by atoms with Gasteiger partial charge in [0.25, 0.3) is 0 Å². The average Bonchev–Trinajstić information content (AvgIpc) is 3.48. The molecule has 138 valence electrons. The number of aromatic carboxylic acids is 1. The quantitative estimate of drug-likeness (QED) is 0.480. The van der Waals surface area contributed by atoms with Gasteiger partial charge in [0.1, 0.15) is 18.2 Å². The third-order valence-corrected chi connectivity index (χ3v) is 5.85. The van der Waals surface area contributed by atoms with E-state index in [1.165, 1.54) is 23.7 Å². The summed E-state index contributed by atoms with van der Waals surface area (Å²) >= 11 is 2.60. The maximum Gasteiger partial charge on any atom is 0.233 e. The van der Waals surface area contributed by atoms with Crippen molar-refractivity contribution in [2.75, 3.05) is 0 Å². The molecular formula is C20H11N2O4S2-. The molecule has 0 bridgehead atoms. The van der Waals surface area contributed by atoms with Crippen LogP contribution in [0.15, 0.2) is 58.7 Å². The predicted molar refractivity (Wildman–Crippen MR) is 103 cm³/mol. The van der Waals surface area contributed by atoms with E-state index in [-0.39, 0.29) is 17.4 Å². The second-order valence-corrected chi connectivity index (χ2v) is 7.79. The van der Waals surface area contributed by atoms with Gasteiger partial charge in [0.2, 0.25) is 5.88 Å². The van der Waals surface area contributed by atoms with Crippen molar-refractivity contribution in [1.29, 1.82) is 5.26 Å². The lowest BCUT2D eigenvalue weighted by atomic mass is 10.0.